The molecule has 216 valence electrons. The molecule has 1 aliphatic heterocycles. The minimum atomic E-state index is -4.08. The highest BCUT2D eigenvalue weighted by Crippen LogP contribution is 2.30. The number of hydrogen-bond acceptors (Lipinski definition) is 5. The van der Waals surface area contributed by atoms with Crippen LogP contribution in [-0.4, -0.2) is 67.9 Å². The Balaban J connectivity index is 1.37. The Morgan fingerprint density at radius 2 is 1.50 bits per heavy atom. The summed E-state index contributed by atoms with van der Waals surface area (Å²) in [5.74, 6) is -0.182. The van der Waals surface area contributed by atoms with Crippen LogP contribution in [0, 0.1) is 6.92 Å². The molecule has 1 amide bonds. The van der Waals surface area contributed by atoms with Gasteiger partial charge in [-0.2, -0.15) is 0 Å². The van der Waals surface area contributed by atoms with Gasteiger partial charge < -0.3 is 19.3 Å². The fourth-order valence-electron chi connectivity index (χ4n) is 5.58. The van der Waals surface area contributed by atoms with Gasteiger partial charge in [-0.3, -0.25) is 9.10 Å². The normalized spacial score (nSPS) is 14.8. The third-order valence-corrected chi connectivity index (χ3v) is 9.55. The Hall–Kier alpha value is -4.18. The second kappa shape index (κ2) is 11.6. The van der Waals surface area contributed by atoms with E-state index in [4.69, 9.17) is 4.74 Å². The first-order chi connectivity index (χ1) is 20.3. The topological polar surface area (TPSA) is 92.1 Å². The van der Waals surface area contributed by atoms with Gasteiger partial charge >= 0.3 is 0 Å². The van der Waals surface area contributed by atoms with Gasteiger partial charge in [0.15, 0.2) is 0 Å². The zero-order valence-corrected chi connectivity index (χ0v) is 24.2. The lowest BCUT2D eigenvalue weighted by molar-refractivity contribution is 0.0303. The van der Waals surface area contributed by atoms with Crippen molar-refractivity contribution < 1.29 is 23.1 Å². The predicted octanol–water partition coefficient (Wildman–Crippen LogP) is 4.83. The van der Waals surface area contributed by atoms with Gasteiger partial charge in [-0.25, -0.2) is 8.42 Å². The molecule has 0 spiro atoms. The summed E-state index contributed by atoms with van der Waals surface area (Å²) in [7, 11) is -4.08. The number of benzene rings is 4. The summed E-state index contributed by atoms with van der Waals surface area (Å²) in [6.45, 7) is 3.76. The molecule has 9 heteroatoms. The van der Waals surface area contributed by atoms with Crippen LogP contribution in [-0.2, 0) is 21.3 Å². The number of fused-ring (bicyclic) bond motifs is 3. The maximum atomic E-state index is 14.1. The number of amides is 1. The molecule has 1 unspecified atom stereocenters. The van der Waals surface area contributed by atoms with E-state index in [9.17, 15) is 18.3 Å². The minimum absolute atomic E-state index is 0.113. The van der Waals surface area contributed by atoms with E-state index in [1.54, 1.807) is 53.4 Å². The molecule has 0 radical (unpaired) electrons. The molecule has 1 N–H and O–H groups in total. The molecule has 1 atom stereocenters. The number of aliphatic hydroxyl groups is 1. The Morgan fingerprint density at radius 3 is 2.14 bits per heavy atom. The van der Waals surface area contributed by atoms with E-state index < -0.39 is 16.1 Å². The molecular formula is C33H33N3O5S. The Kier molecular flexibility index (Phi) is 7.72. The zero-order valence-electron chi connectivity index (χ0n) is 23.4. The van der Waals surface area contributed by atoms with Gasteiger partial charge in [0.2, 0.25) is 0 Å². The summed E-state index contributed by atoms with van der Waals surface area (Å²) in [6, 6.07) is 29.2. The number of ether oxygens (including phenoxy) is 1. The first kappa shape index (κ1) is 28.0. The van der Waals surface area contributed by atoms with Gasteiger partial charge in [0.25, 0.3) is 15.9 Å². The predicted molar refractivity (Wildman–Crippen MR) is 164 cm³/mol. The highest BCUT2D eigenvalue weighted by Gasteiger charge is 2.29. The van der Waals surface area contributed by atoms with Crippen LogP contribution in [0.1, 0.15) is 15.9 Å². The van der Waals surface area contributed by atoms with Crippen LogP contribution < -0.4 is 4.31 Å². The Labute approximate surface area is 245 Å². The van der Waals surface area contributed by atoms with Crippen molar-refractivity contribution >= 4 is 43.4 Å². The number of carbonyl (C=O) groups excluding carboxylic acids is 1. The Morgan fingerprint density at radius 1 is 0.881 bits per heavy atom. The van der Waals surface area contributed by atoms with Crippen LogP contribution in [0.2, 0.25) is 0 Å². The number of anilines is 1. The largest absolute Gasteiger partial charge is 0.389 e. The van der Waals surface area contributed by atoms with Crippen LogP contribution in [0.25, 0.3) is 21.8 Å². The molecule has 1 aromatic heterocycles. The van der Waals surface area contributed by atoms with Crippen LogP contribution in [0.5, 0.6) is 0 Å². The number of hydrogen-bond donors (Lipinski definition) is 1. The smallest absolute Gasteiger partial charge is 0.264 e. The van der Waals surface area contributed by atoms with Gasteiger partial charge in [-0.15, -0.1) is 0 Å². The lowest BCUT2D eigenvalue weighted by Crippen LogP contribution is -2.41. The molecule has 1 saturated heterocycles. The van der Waals surface area contributed by atoms with Crippen molar-refractivity contribution in [1.29, 1.82) is 0 Å². The van der Waals surface area contributed by atoms with Crippen LogP contribution in [0.15, 0.2) is 102 Å². The second-order valence-electron chi connectivity index (χ2n) is 10.6. The molecule has 0 aliphatic carbocycles. The van der Waals surface area contributed by atoms with E-state index in [1.807, 2.05) is 60.0 Å². The van der Waals surface area contributed by atoms with Crippen molar-refractivity contribution in [1.82, 2.24) is 9.47 Å². The fraction of sp³-hybridized carbons (Fsp3) is 0.242. The fourth-order valence-corrected chi connectivity index (χ4v) is 7.08. The van der Waals surface area contributed by atoms with E-state index in [-0.39, 0.29) is 23.9 Å². The molecule has 2 heterocycles. The van der Waals surface area contributed by atoms with E-state index >= 15 is 0 Å². The maximum absolute atomic E-state index is 14.1. The van der Waals surface area contributed by atoms with Gasteiger partial charge in [0, 0.05) is 40.5 Å². The third-order valence-electron chi connectivity index (χ3n) is 7.74. The molecule has 0 saturated carbocycles. The summed E-state index contributed by atoms with van der Waals surface area (Å²) in [5, 5.41) is 13.6. The molecule has 8 nitrogen and oxygen atoms in total. The number of para-hydroxylation sites is 2. The Bertz CT molecular complexity index is 1790. The van der Waals surface area contributed by atoms with E-state index in [0.717, 1.165) is 27.4 Å². The van der Waals surface area contributed by atoms with Crippen LogP contribution in [0.3, 0.4) is 0 Å². The number of aryl methyl sites for hydroxylation is 1. The summed E-state index contributed by atoms with van der Waals surface area (Å²) in [4.78, 5) is 15.1. The first-order valence-corrected chi connectivity index (χ1v) is 15.5. The number of sulfonamides is 1. The summed E-state index contributed by atoms with van der Waals surface area (Å²) < 4.78 is 36.8. The molecule has 42 heavy (non-hydrogen) atoms. The molecule has 6 rings (SSSR count). The van der Waals surface area contributed by atoms with Gasteiger partial charge in [0.1, 0.15) is 0 Å². The molecule has 4 aromatic carbocycles. The lowest BCUT2D eigenvalue weighted by Gasteiger charge is -2.29. The molecule has 1 aliphatic rings. The van der Waals surface area contributed by atoms with E-state index in [2.05, 4.69) is 0 Å². The number of rotatable bonds is 8. The molecular weight excluding hydrogens is 550 g/mol. The number of carbonyl (C=O) groups is 1. The molecule has 5 aromatic rings. The van der Waals surface area contributed by atoms with E-state index in [0.29, 0.717) is 37.6 Å². The van der Waals surface area contributed by atoms with Gasteiger partial charge in [0.05, 0.1) is 43.0 Å². The number of aliphatic hydroxyl groups excluding tert-OH is 1. The SMILES string of the molecule is Cc1ccc(S(=O)(=O)N(CC(O)Cn2c3ccccc3c3ccccc32)c2cccc(C(=O)N3CCOCC3)c2)cc1. The monoisotopic (exact) mass is 583 g/mol. The average molecular weight is 584 g/mol. The zero-order chi connectivity index (χ0) is 29.3. The summed E-state index contributed by atoms with van der Waals surface area (Å²) in [5.41, 5.74) is 3.56. The van der Waals surface area contributed by atoms with Crippen molar-refractivity contribution in [3.8, 4) is 0 Å². The maximum Gasteiger partial charge on any atom is 0.264 e. The lowest BCUT2D eigenvalue weighted by atomic mass is 10.1. The number of aromatic nitrogens is 1. The first-order valence-electron chi connectivity index (χ1n) is 14.0. The highest BCUT2D eigenvalue weighted by atomic mass is 32.2. The molecule has 1 fully saturated rings. The average Bonchev–Trinajstić information content (AvgIpc) is 3.33. The van der Waals surface area contributed by atoms with Crippen LogP contribution >= 0.6 is 0 Å². The number of morpholine rings is 1. The highest BCUT2D eigenvalue weighted by molar-refractivity contribution is 7.92. The van der Waals surface area contributed by atoms with Crippen molar-refractivity contribution in [2.45, 2.75) is 24.5 Å². The standard InChI is InChI=1S/C33H33N3O5S/c1-24-13-15-28(16-14-24)42(39,40)36(26-8-6-7-25(21-26)33(38)34-17-19-41-20-18-34)23-27(37)22-35-31-11-4-2-9-29(31)30-10-3-5-12-32(30)35/h2-16,21,27,37H,17-20,22-23H2,1H3. The van der Waals surface area contributed by atoms with Crippen molar-refractivity contribution in [3.05, 3.63) is 108 Å². The summed E-state index contributed by atoms with van der Waals surface area (Å²) >= 11 is 0. The van der Waals surface area contributed by atoms with Gasteiger partial charge in [-0.1, -0.05) is 60.2 Å². The molecule has 0 bridgehead atoms. The van der Waals surface area contributed by atoms with Gasteiger partial charge in [-0.05, 0) is 49.4 Å². The van der Waals surface area contributed by atoms with Crippen LogP contribution in [0.4, 0.5) is 5.69 Å². The van der Waals surface area contributed by atoms with Crippen molar-refractivity contribution in [3.63, 3.8) is 0 Å². The second-order valence-corrected chi connectivity index (χ2v) is 12.5. The minimum Gasteiger partial charge on any atom is -0.389 e. The quantitative estimate of drug-likeness (QED) is 0.283. The van der Waals surface area contributed by atoms with Crippen molar-refractivity contribution in [2.24, 2.45) is 0 Å². The van der Waals surface area contributed by atoms with E-state index in [1.165, 1.54) is 4.31 Å². The number of nitrogens with zero attached hydrogens (tertiary/aromatic N) is 3. The summed E-state index contributed by atoms with van der Waals surface area (Å²) in [6.07, 6.45) is -1.05. The van der Waals surface area contributed by atoms with Crippen molar-refractivity contribution in [2.75, 3.05) is 37.2 Å². The third kappa shape index (κ3) is 5.38.